The highest BCUT2D eigenvalue weighted by molar-refractivity contribution is 5.97. The van der Waals surface area contributed by atoms with Crippen LogP contribution in [0.4, 0.5) is 0 Å². The molecule has 0 atom stereocenters. The summed E-state index contributed by atoms with van der Waals surface area (Å²) in [6, 6.07) is 8.03. The predicted octanol–water partition coefficient (Wildman–Crippen LogP) is 2.29. The molecule has 2 aliphatic heterocycles. The van der Waals surface area contributed by atoms with Crippen LogP contribution in [-0.4, -0.2) is 73.8 Å². The molecule has 1 aromatic carbocycles. The summed E-state index contributed by atoms with van der Waals surface area (Å²) in [4.78, 5) is 29.3. The summed E-state index contributed by atoms with van der Waals surface area (Å²) in [5.41, 5.74) is 2.00. The van der Waals surface area contributed by atoms with Crippen LogP contribution in [0.5, 0.6) is 0 Å². The molecule has 0 aliphatic carbocycles. The Bertz CT molecular complexity index is 662. The Morgan fingerprint density at radius 3 is 2.33 bits per heavy atom. The lowest BCUT2D eigenvalue weighted by atomic mass is 9.95. The molecule has 2 aliphatic rings. The number of ketones is 1. The number of likely N-dealkylation sites (tertiary alicyclic amines) is 2. The summed E-state index contributed by atoms with van der Waals surface area (Å²) < 4.78 is 0. The Hall–Kier alpha value is -1.76. The Balaban J connectivity index is 1.35. The number of hydrogen-bond donors (Lipinski definition) is 2. The number of amides is 1. The van der Waals surface area contributed by atoms with Crippen molar-refractivity contribution in [3.05, 3.63) is 35.4 Å². The van der Waals surface area contributed by atoms with Crippen LogP contribution in [-0.2, 0) is 11.3 Å². The van der Waals surface area contributed by atoms with Gasteiger partial charge in [0.2, 0.25) is 5.91 Å². The molecule has 2 fully saturated rings. The van der Waals surface area contributed by atoms with E-state index in [1.54, 1.807) is 0 Å². The maximum Gasteiger partial charge on any atom is 0.223 e. The minimum Gasteiger partial charge on any atom is -0.356 e. The van der Waals surface area contributed by atoms with Gasteiger partial charge in [0.1, 0.15) is 0 Å². The smallest absolute Gasteiger partial charge is 0.223 e. The molecule has 2 heterocycles. The van der Waals surface area contributed by atoms with Crippen LogP contribution in [0.3, 0.4) is 0 Å². The average Bonchev–Trinajstić information content (AvgIpc) is 2.78. The van der Waals surface area contributed by atoms with Gasteiger partial charge in [0.25, 0.3) is 0 Å². The van der Waals surface area contributed by atoms with Crippen molar-refractivity contribution >= 4 is 11.7 Å². The molecular weight excluding hydrogens is 376 g/mol. The quantitative estimate of drug-likeness (QED) is 0.454. The third-order valence-electron chi connectivity index (χ3n) is 6.33. The molecule has 166 valence electrons. The highest BCUT2D eigenvalue weighted by Gasteiger charge is 2.24. The van der Waals surface area contributed by atoms with Crippen LogP contribution >= 0.6 is 0 Å². The van der Waals surface area contributed by atoms with Crippen LogP contribution in [0.15, 0.2) is 24.3 Å². The fraction of sp³-hybridized carbons (Fsp3) is 0.667. The Morgan fingerprint density at radius 1 is 0.967 bits per heavy atom. The van der Waals surface area contributed by atoms with Gasteiger partial charge in [-0.1, -0.05) is 30.7 Å². The van der Waals surface area contributed by atoms with E-state index in [-0.39, 0.29) is 17.6 Å². The fourth-order valence-electron chi connectivity index (χ4n) is 4.45. The van der Waals surface area contributed by atoms with Gasteiger partial charge in [-0.15, -0.1) is 0 Å². The van der Waals surface area contributed by atoms with Crippen molar-refractivity contribution in [2.75, 3.05) is 52.4 Å². The second-order valence-corrected chi connectivity index (χ2v) is 8.64. The number of nitrogens with zero attached hydrogens (tertiary/aromatic N) is 2. The number of carbonyl (C=O) groups excluding carboxylic acids is 2. The first-order chi connectivity index (χ1) is 14.7. The summed E-state index contributed by atoms with van der Waals surface area (Å²) in [7, 11) is 0. The van der Waals surface area contributed by atoms with Gasteiger partial charge in [0.05, 0.1) is 6.54 Å². The molecule has 0 bridgehead atoms. The second-order valence-electron chi connectivity index (χ2n) is 8.64. The minimum absolute atomic E-state index is 0.156. The molecule has 1 aromatic rings. The molecule has 0 spiro atoms. The molecule has 0 saturated carbocycles. The van der Waals surface area contributed by atoms with E-state index in [4.69, 9.17) is 0 Å². The normalized spacial score (nSPS) is 19.0. The van der Waals surface area contributed by atoms with Crippen LogP contribution in [0.2, 0.25) is 0 Å². The molecule has 3 rings (SSSR count). The molecule has 2 saturated heterocycles. The van der Waals surface area contributed by atoms with E-state index >= 15 is 0 Å². The highest BCUT2D eigenvalue weighted by atomic mass is 16.2. The van der Waals surface area contributed by atoms with Crippen molar-refractivity contribution in [1.29, 1.82) is 0 Å². The Morgan fingerprint density at radius 2 is 1.67 bits per heavy atom. The predicted molar refractivity (Wildman–Crippen MR) is 121 cm³/mol. The Kier molecular flexibility index (Phi) is 9.30. The number of piperidine rings is 2. The van der Waals surface area contributed by atoms with Gasteiger partial charge in [-0.3, -0.25) is 14.5 Å². The lowest BCUT2D eigenvalue weighted by Crippen LogP contribution is -2.40. The molecule has 6 heteroatoms. The largest absolute Gasteiger partial charge is 0.356 e. The number of nitrogens with one attached hydrogen (secondary N) is 2. The first-order valence-corrected chi connectivity index (χ1v) is 11.7. The lowest BCUT2D eigenvalue weighted by molar-refractivity contribution is -0.126. The standard InChI is InChI=1S/C24H38N4O2/c1-2-26-24(30)22-10-15-28(16-11-22)19-20-6-8-21(9-7-20)23(29)18-25-12-17-27-13-4-3-5-14-27/h6-9,22,25H,2-5,10-19H2,1H3,(H,26,30). The maximum absolute atomic E-state index is 12.4. The lowest BCUT2D eigenvalue weighted by Gasteiger charge is -2.31. The third-order valence-corrected chi connectivity index (χ3v) is 6.33. The van der Waals surface area contributed by atoms with Gasteiger partial charge in [-0.05, 0) is 64.3 Å². The summed E-state index contributed by atoms with van der Waals surface area (Å²) >= 11 is 0. The molecule has 1 amide bonds. The number of rotatable bonds is 10. The molecule has 0 radical (unpaired) electrons. The van der Waals surface area contributed by atoms with Gasteiger partial charge in [-0.2, -0.15) is 0 Å². The topological polar surface area (TPSA) is 64.7 Å². The number of Topliss-reactive ketones (excluding diaryl/α,β-unsaturated/α-hetero) is 1. The molecule has 0 aromatic heterocycles. The maximum atomic E-state index is 12.4. The van der Waals surface area contributed by atoms with Gasteiger partial charge in [0.15, 0.2) is 5.78 Å². The van der Waals surface area contributed by atoms with E-state index in [1.807, 2.05) is 19.1 Å². The molecular formula is C24H38N4O2. The van der Waals surface area contributed by atoms with Gasteiger partial charge >= 0.3 is 0 Å². The molecule has 6 nitrogen and oxygen atoms in total. The first kappa shape index (κ1) is 22.9. The highest BCUT2D eigenvalue weighted by Crippen LogP contribution is 2.19. The zero-order valence-electron chi connectivity index (χ0n) is 18.5. The second kappa shape index (κ2) is 12.2. The molecule has 2 N–H and O–H groups in total. The summed E-state index contributed by atoms with van der Waals surface area (Å²) in [5.74, 6) is 0.510. The van der Waals surface area contributed by atoms with E-state index in [0.29, 0.717) is 13.1 Å². The van der Waals surface area contributed by atoms with Crippen LogP contribution in [0.25, 0.3) is 0 Å². The van der Waals surface area contributed by atoms with Gasteiger partial charge in [-0.25, -0.2) is 0 Å². The van der Waals surface area contributed by atoms with Crippen molar-refractivity contribution < 1.29 is 9.59 Å². The molecule has 0 unspecified atom stereocenters. The first-order valence-electron chi connectivity index (χ1n) is 11.7. The van der Waals surface area contributed by atoms with Gasteiger partial charge < -0.3 is 15.5 Å². The third kappa shape index (κ3) is 7.18. The van der Waals surface area contributed by atoms with E-state index in [1.165, 1.54) is 37.9 Å². The van der Waals surface area contributed by atoms with Crippen molar-refractivity contribution in [2.45, 2.75) is 45.6 Å². The van der Waals surface area contributed by atoms with Crippen LogP contribution in [0, 0.1) is 5.92 Å². The van der Waals surface area contributed by atoms with E-state index < -0.39 is 0 Å². The minimum atomic E-state index is 0.156. The summed E-state index contributed by atoms with van der Waals surface area (Å²) in [5, 5.41) is 6.24. The summed E-state index contributed by atoms with van der Waals surface area (Å²) in [6.07, 6.45) is 5.80. The average molecular weight is 415 g/mol. The van der Waals surface area contributed by atoms with E-state index in [9.17, 15) is 9.59 Å². The van der Waals surface area contributed by atoms with E-state index in [2.05, 4.69) is 32.6 Å². The molecule has 30 heavy (non-hydrogen) atoms. The zero-order valence-corrected chi connectivity index (χ0v) is 18.5. The fourth-order valence-corrected chi connectivity index (χ4v) is 4.45. The van der Waals surface area contributed by atoms with Crippen molar-refractivity contribution in [3.8, 4) is 0 Å². The SMILES string of the molecule is CCNC(=O)C1CCN(Cc2ccc(C(=O)CNCCN3CCCCC3)cc2)CC1. The van der Waals surface area contributed by atoms with Crippen molar-refractivity contribution in [1.82, 2.24) is 20.4 Å². The number of hydrogen-bond acceptors (Lipinski definition) is 5. The summed E-state index contributed by atoms with van der Waals surface area (Å²) in [6.45, 7) is 10.1. The van der Waals surface area contributed by atoms with Gasteiger partial charge in [0, 0.05) is 37.7 Å². The van der Waals surface area contributed by atoms with Crippen molar-refractivity contribution in [3.63, 3.8) is 0 Å². The monoisotopic (exact) mass is 414 g/mol. The van der Waals surface area contributed by atoms with Crippen LogP contribution < -0.4 is 10.6 Å². The van der Waals surface area contributed by atoms with E-state index in [0.717, 1.165) is 51.1 Å². The number of carbonyl (C=O) groups is 2. The van der Waals surface area contributed by atoms with Crippen LogP contribution in [0.1, 0.15) is 54.9 Å². The van der Waals surface area contributed by atoms with Crippen molar-refractivity contribution in [2.24, 2.45) is 5.92 Å². The Labute approximate surface area is 181 Å². The number of benzene rings is 1. The zero-order chi connectivity index (χ0) is 21.2.